The second-order valence-corrected chi connectivity index (χ2v) is 9.37. The SMILES string of the molecule is CC(=O)c1ccc(N2C(=O)[C@H]3[C@@H](C2=O)[C@@]2(C(=O)Nc4ccc(Cl)cc42)N2CCC[C@@H]32)cc1. The number of nitrogens with zero attached hydrogens (tertiary/aromatic N) is 2. The summed E-state index contributed by atoms with van der Waals surface area (Å²) < 4.78 is 0. The van der Waals surface area contributed by atoms with Crippen molar-refractivity contribution in [3.8, 4) is 0 Å². The number of hydrogen-bond acceptors (Lipinski definition) is 5. The van der Waals surface area contributed by atoms with E-state index in [4.69, 9.17) is 11.6 Å². The number of amides is 3. The molecule has 1 N–H and O–H groups in total. The number of halogens is 1. The average Bonchev–Trinajstić information content (AvgIpc) is 3.47. The van der Waals surface area contributed by atoms with E-state index >= 15 is 0 Å². The van der Waals surface area contributed by atoms with E-state index in [0.717, 1.165) is 12.8 Å². The number of rotatable bonds is 2. The molecule has 6 rings (SSSR count). The maximum atomic E-state index is 13.8. The highest BCUT2D eigenvalue weighted by molar-refractivity contribution is 6.31. The summed E-state index contributed by atoms with van der Waals surface area (Å²) in [6.45, 7) is 2.11. The van der Waals surface area contributed by atoms with Crippen molar-refractivity contribution in [1.82, 2.24) is 4.90 Å². The second-order valence-electron chi connectivity index (χ2n) is 8.93. The van der Waals surface area contributed by atoms with E-state index in [1.807, 2.05) is 0 Å². The number of anilines is 2. The number of nitrogens with one attached hydrogen (secondary N) is 1. The molecule has 4 aliphatic heterocycles. The molecule has 3 fully saturated rings. The average molecular weight is 450 g/mol. The molecule has 0 radical (unpaired) electrons. The molecule has 4 aliphatic rings. The number of Topliss-reactive ketones (excluding diaryl/α,β-unsaturated/α-hetero) is 1. The number of carbonyl (C=O) groups excluding carboxylic acids is 4. The number of fused-ring (bicyclic) bond motifs is 7. The van der Waals surface area contributed by atoms with Crippen molar-refractivity contribution in [2.24, 2.45) is 11.8 Å². The molecule has 0 unspecified atom stereocenters. The third kappa shape index (κ3) is 2.25. The van der Waals surface area contributed by atoms with Crippen LogP contribution in [0.5, 0.6) is 0 Å². The Balaban J connectivity index is 1.51. The Morgan fingerprint density at radius 1 is 1.09 bits per heavy atom. The van der Waals surface area contributed by atoms with E-state index in [9.17, 15) is 19.2 Å². The van der Waals surface area contributed by atoms with Gasteiger partial charge in [-0.05, 0) is 68.8 Å². The van der Waals surface area contributed by atoms with Crippen molar-refractivity contribution < 1.29 is 19.2 Å². The fourth-order valence-electron chi connectivity index (χ4n) is 6.27. The van der Waals surface area contributed by atoms with E-state index in [1.54, 1.807) is 42.5 Å². The lowest BCUT2D eigenvalue weighted by Gasteiger charge is -2.36. The molecule has 162 valence electrons. The minimum Gasteiger partial charge on any atom is -0.324 e. The Morgan fingerprint density at radius 2 is 1.84 bits per heavy atom. The first-order chi connectivity index (χ1) is 15.4. The van der Waals surface area contributed by atoms with Gasteiger partial charge in [0.15, 0.2) is 5.78 Å². The molecule has 8 heteroatoms. The Hall–Kier alpha value is -3.03. The molecule has 0 aliphatic carbocycles. The number of ketones is 1. The third-order valence-electron chi connectivity index (χ3n) is 7.49. The summed E-state index contributed by atoms with van der Waals surface area (Å²) >= 11 is 6.30. The van der Waals surface area contributed by atoms with Crippen molar-refractivity contribution in [3.63, 3.8) is 0 Å². The molecular formula is C24H20ClN3O4. The first-order valence-corrected chi connectivity index (χ1v) is 11.1. The highest BCUT2D eigenvalue weighted by atomic mass is 35.5. The van der Waals surface area contributed by atoms with E-state index < -0.39 is 17.4 Å². The fraction of sp³-hybridized carbons (Fsp3) is 0.333. The smallest absolute Gasteiger partial charge is 0.250 e. The molecule has 32 heavy (non-hydrogen) atoms. The van der Waals surface area contributed by atoms with E-state index in [-0.39, 0.29) is 29.5 Å². The summed E-state index contributed by atoms with van der Waals surface area (Å²) in [5, 5.41) is 3.41. The maximum absolute atomic E-state index is 13.8. The van der Waals surface area contributed by atoms with Crippen molar-refractivity contribution >= 4 is 46.5 Å². The van der Waals surface area contributed by atoms with Gasteiger partial charge in [0.05, 0.1) is 17.5 Å². The molecule has 2 aromatic carbocycles. The lowest BCUT2D eigenvalue weighted by atomic mass is 9.75. The number of imide groups is 1. The van der Waals surface area contributed by atoms with Gasteiger partial charge in [-0.1, -0.05) is 11.6 Å². The predicted molar refractivity (Wildman–Crippen MR) is 117 cm³/mol. The van der Waals surface area contributed by atoms with Gasteiger partial charge in [0.25, 0.3) is 0 Å². The van der Waals surface area contributed by atoms with E-state index in [2.05, 4.69) is 10.2 Å². The van der Waals surface area contributed by atoms with Crippen LogP contribution in [0.4, 0.5) is 11.4 Å². The normalized spacial score (nSPS) is 30.6. The van der Waals surface area contributed by atoms with E-state index in [0.29, 0.717) is 34.1 Å². The van der Waals surface area contributed by atoms with Gasteiger partial charge in [-0.25, -0.2) is 4.90 Å². The molecular weight excluding hydrogens is 430 g/mol. The monoisotopic (exact) mass is 449 g/mol. The Morgan fingerprint density at radius 3 is 2.56 bits per heavy atom. The molecule has 0 aromatic heterocycles. The molecule has 2 aromatic rings. The van der Waals surface area contributed by atoms with Crippen LogP contribution in [-0.2, 0) is 19.9 Å². The van der Waals surface area contributed by atoms with Crippen LogP contribution in [0, 0.1) is 11.8 Å². The number of carbonyl (C=O) groups is 4. The molecule has 3 amide bonds. The quantitative estimate of drug-likeness (QED) is 0.562. The molecule has 0 saturated carbocycles. The van der Waals surface area contributed by atoms with Crippen LogP contribution in [0.1, 0.15) is 35.7 Å². The van der Waals surface area contributed by atoms with Crippen molar-refractivity contribution in [1.29, 1.82) is 0 Å². The summed E-state index contributed by atoms with van der Waals surface area (Å²) in [6.07, 6.45) is 1.61. The molecule has 4 atom stereocenters. The summed E-state index contributed by atoms with van der Waals surface area (Å²) in [7, 11) is 0. The first kappa shape index (κ1) is 19.6. The summed E-state index contributed by atoms with van der Waals surface area (Å²) in [4.78, 5) is 55.9. The highest BCUT2D eigenvalue weighted by Crippen LogP contribution is 2.60. The largest absolute Gasteiger partial charge is 0.324 e. The fourth-order valence-corrected chi connectivity index (χ4v) is 6.45. The summed E-state index contributed by atoms with van der Waals surface area (Å²) in [5.74, 6) is -2.46. The molecule has 7 nitrogen and oxygen atoms in total. The van der Waals surface area contributed by atoms with Gasteiger partial charge in [0.1, 0.15) is 5.54 Å². The van der Waals surface area contributed by atoms with Gasteiger partial charge in [-0.3, -0.25) is 24.1 Å². The molecule has 3 saturated heterocycles. The minimum absolute atomic E-state index is 0.0934. The molecule has 1 spiro atoms. The lowest BCUT2D eigenvalue weighted by molar-refractivity contribution is -0.135. The molecule has 4 heterocycles. The van der Waals surface area contributed by atoms with Crippen molar-refractivity contribution in [2.75, 3.05) is 16.8 Å². The van der Waals surface area contributed by atoms with Crippen LogP contribution in [0.25, 0.3) is 0 Å². The van der Waals surface area contributed by atoms with Gasteiger partial charge in [0.2, 0.25) is 17.7 Å². The van der Waals surface area contributed by atoms with Gasteiger partial charge in [0, 0.05) is 27.9 Å². The Bertz CT molecular complexity index is 1230. The molecule has 0 bridgehead atoms. The maximum Gasteiger partial charge on any atom is 0.250 e. The Kier molecular flexibility index (Phi) is 3.99. The van der Waals surface area contributed by atoms with Crippen LogP contribution in [0.3, 0.4) is 0 Å². The topological polar surface area (TPSA) is 86.8 Å². The summed E-state index contributed by atoms with van der Waals surface area (Å²) in [5.41, 5.74) is 0.987. The number of benzene rings is 2. The van der Waals surface area contributed by atoms with E-state index in [1.165, 1.54) is 11.8 Å². The van der Waals surface area contributed by atoms with Crippen molar-refractivity contribution in [2.45, 2.75) is 31.3 Å². The minimum atomic E-state index is -1.24. The van der Waals surface area contributed by atoms with Gasteiger partial charge in [-0.15, -0.1) is 0 Å². The van der Waals surface area contributed by atoms with Crippen LogP contribution in [0.15, 0.2) is 42.5 Å². The second kappa shape index (κ2) is 6.49. The first-order valence-electron chi connectivity index (χ1n) is 10.7. The zero-order chi connectivity index (χ0) is 22.4. The van der Waals surface area contributed by atoms with Gasteiger partial charge < -0.3 is 5.32 Å². The zero-order valence-electron chi connectivity index (χ0n) is 17.3. The third-order valence-corrected chi connectivity index (χ3v) is 7.72. The van der Waals surface area contributed by atoms with Crippen LogP contribution in [-0.4, -0.2) is 41.0 Å². The van der Waals surface area contributed by atoms with Gasteiger partial charge >= 0.3 is 0 Å². The van der Waals surface area contributed by atoms with Crippen molar-refractivity contribution in [3.05, 3.63) is 58.6 Å². The summed E-state index contributed by atoms with van der Waals surface area (Å²) in [6, 6.07) is 11.5. The van der Waals surface area contributed by atoms with Crippen LogP contribution in [0.2, 0.25) is 5.02 Å². The standard InChI is InChI=1S/C24H20ClN3O4/c1-12(29)13-4-7-15(8-5-13)28-21(30)19-18-3-2-10-27(18)24(20(19)22(28)31)16-11-14(25)6-9-17(16)26-23(24)32/h4-9,11,18-20H,2-3,10H2,1H3,(H,26,32)/t18-,19+,20-,24-/m0/s1. The van der Waals surface area contributed by atoms with Crippen LogP contribution >= 0.6 is 11.6 Å². The highest BCUT2D eigenvalue weighted by Gasteiger charge is 2.74. The van der Waals surface area contributed by atoms with Crippen LogP contribution < -0.4 is 10.2 Å². The zero-order valence-corrected chi connectivity index (χ0v) is 18.1. The lowest BCUT2D eigenvalue weighted by Crippen LogP contribution is -2.54. The van der Waals surface area contributed by atoms with Gasteiger partial charge in [-0.2, -0.15) is 0 Å². The Labute approximate surface area is 189 Å². The number of hydrogen-bond donors (Lipinski definition) is 1. The predicted octanol–water partition coefficient (Wildman–Crippen LogP) is 2.97.